The van der Waals surface area contributed by atoms with Gasteiger partial charge in [-0.2, -0.15) is 0 Å². The number of carbonyl (C=O) groups excluding carboxylic acids is 4. The summed E-state index contributed by atoms with van der Waals surface area (Å²) >= 11 is 0. The van der Waals surface area contributed by atoms with Crippen LogP contribution in [0, 0.1) is 5.92 Å². The molecule has 7 heteroatoms. The monoisotopic (exact) mass is 410 g/mol. The van der Waals surface area contributed by atoms with Gasteiger partial charge in [0.1, 0.15) is 0 Å². The van der Waals surface area contributed by atoms with E-state index in [4.69, 9.17) is 4.74 Å². The molecule has 158 valence electrons. The van der Waals surface area contributed by atoms with Gasteiger partial charge in [-0.1, -0.05) is 26.0 Å². The SMILES string of the molecule is CC(=O)Nc1ccc(CC(=O)OCC(=O)c2ccc(NC(=O)CC(C)C)cc2)cc1. The minimum Gasteiger partial charge on any atom is -0.457 e. The molecule has 0 fully saturated rings. The lowest BCUT2D eigenvalue weighted by molar-refractivity contribution is -0.141. The first kappa shape index (κ1) is 22.8. The molecule has 0 aliphatic rings. The van der Waals surface area contributed by atoms with Gasteiger partial charge in [-0.3, -0.25) is 19.2 Å². The molecule has 0 unspecified atom stereocenters. The number of nitrogens with one attached hydrogen (secondary N) is 2. The number of ketones is 1. The summed E-state index contributed by atoms with van der Waals surface area (Å²) in [6.07, 6.45) is 0.445. The minimum atomic E-state index is -0.520. The van der Waals surface area contributed by atoms with Crippen LogP contribution in [0.5, 0.6) is 0 Å². The number of ether oxygens (including phenoxy) is 1. The average Bonchev–Trinajstić information content (AvgIpc) is 2.67. The number of carbonyl (C=O) groups is 4. The summed E-state index contributed by atoms with van der Waals surface area (Å²) in [5.74, 6) is -0.844. The van der Waals surface area contributed by atoms with E-state index >= 15 is 0 Å². The normalized spacial score (nSPS) is 10.4. The lowest BCUT2D eigenvalue weighted by atomic mass is 10.1. The molecule has 2 N–H and O–H groups in total. The lowest BCUT2D eigenvalue weighted by Crippen LogP contribution is -2.16. The highest BCUT2D eigenvalue weighted by molar-refractivity contribution is 5.99. The van der Waals surface area contributed by atoms with Crippen molar-refractivity contribution in [3.63, 3.8) is 0 Å². The Morgan fingerprint density at radius 1 is 0.867 bits per heavy atom. The lowest BCUT2D eigenvalue weighted by Gasteiger charge is -2.08. The fraction of sp³-hybridized carbons (Fsp3) is 0.304. The van der Waals surface area contributed by atoms with E-state index < -0.39 is 5.97 Å². The Hall–Kier alpha value is -3.48. The quantitative estimate of drug-likeness (QED) is 0.486. The summed E-state index contributed by atoms with van der Waals surface area (Å²) in [6.45, 7) is 4.98. The van der Waals surface area contributed by atoms with Crippen LogP contribution in [-0.4, -0.2) is 30.2 Å². The molecule has 30 heavy (non-hydrogen) atoms. The zero-order chi connectivity index (χ0) is 22.1. The minimum absolute atomic E-state index is 0.0223. The van der Waals surface area contributed by atoms with E-state index in [9.17, 15) is 19.2 Å². The molecule has 0 spiro atoms. The Labute approximate surface area is 175 Å². The van der Waals surface area contributed by atoms with Crippen molar-refractivity contribution in [1.29, 1.82) is 0 Å². The zero-order valence-corrected chi connectivity index (χ0v) is 17.4. The number of rotatable bonds is 9. The van der Waals surface area contributed by atoms with Crippen LogP contribution >= 0.6 is 0 Å². The Balaban J connectivity index is 1.81. The van der Waals surface area contributed by atoms with E-state index in [0.29, 0.717) is 28.9 Å². The third-order valence-corrected chi connectivity index (χ3v) is 4.07. The highest BCUT2D eigenvalue weighted by Gasteiger charge is 2.12. The van der Waals surface area contributed by atoms with Crippen molar-refractivity contribution >= 4 is 34.9 Å². The van der Waals surface area contributed by atoms with Gasteiger partial charge in [0.05, 0.1) is 6.42 Å². The molecule has 2 rings (SSSR count). The molecule has 0 saturated heterocycles. The van der Waals surface area contributed by atoms with Crippen LogP contribution in [0.15, 0.2) is 48.5 Å². The van der Waals surface area contributed by atoms with Crippen molar-refractivity contribution in [2.24, 2.45) is 5.92 Å². The van der Waals surface area contributed by atoms with E-state index in [2.05, 4.69) is 10.6 Å². The number of esters is 1. The summed E-state index contributed by atoms with van der Waals surface area (Å²) in [4.78, 5) is 47.0. The Bertz CT molecular complexity index is 902. The van der Waals surface area contributed by atoms with Gasteiger partial charge >= 0.3 is 5.97 Å². The fourth-order valence-corrected chi connectivity index (χ4v) is 2.68. The van der Waals surface area contributed by atoms with Gasteiger partial charge in [0.25, 0.3) is 0 Å². The molecule has 2 aromatic carbocycles. The highest BCUT2D eigenvalue weighted by atomic mass is 16.5. The molecule has 0 atom stereocenters. The largest absolute Gasteiger partial charge is 0.457 e. The molecular weight excluding hydrogens is 384 g/mol. The zero-order valence-electron chi connectivity index (χ0n) is 17.4. The predicted molar refractivity (Wildman–Crippen MR) is 114 cm³/mol. The first-order chi connectivity index (χ1) is 14.2. The molecule has 7 nitrogen and oxygen atoms in total. The molecule has 0 radical (unpaired) electrons. The second-order valence-corrected chi connectivity index (χ2v) is 7.36. The van der Waals surface area contributed by atoms with Gasteiger partial charge in [0.15, 0.2) is 12.4 Å². The van der Waals surface area contributed by atoms with Crippen molar-refractivity contribution in [1.82, 2.24) is 0 Å². The standard InChI is InChI=1S/C23H26N2O5/c1-15(2)12-22(28)25-20-10-6-18(7-11-20)21(27)14-30-23(29)13-17-4-8-19(9-5-17)24-16(3)26/h4-11,15H,12-14H2,1-3H3,(H,24,26)(H,25,28). The second-order valence-electron chi connectivity index (χ2n) is 7.36. The molecule has 0 heterocycles. The first-order valence-corrected chi connectivity index (χ1v) is 9.68. The molecule has 0 aliphatic heterocycles. The third kappa shape index (κ3) is 7.87. The Morgan fingerprint density at radius 3 is 2.00 bits per heavy atom. The van der Waals surface area contributed by atoms with Gasteiger partial charge in [0.2, 0.25) is 11.8 Å². The van der Waals surface area contributed by atoms with Gasteiger partial charge in [0, 0.05) is 30.3 Å². The van der Waals surface area contributed by atoms with Crippen LogP contribution in [0.25, 0.3) is 0 Å². The summed E-state index contributed by atoms with van der Waals surface area (Å²) in [5, 5.41) is 5.42. The summed E-state index contributed by atoms with van der Waals surface area (Å²) < 4.78 is 5.07. The third-order valence-electron chi connectivity index (χ3n) is 4.07. The van der Waals surface area contributed by atoms with E-state index in [1.54, 1.807) is 48.5 Å². The van der Waals surface area contributed by atoms with E-state index in [-0.39, 0.29) is 36.5 Å². The van der Waals surface area contributed by atoms with Gasteiger partial charge in [-0.15, -0.1) is 0 Å². The predicted octanol–water partition coefficient (Wildman–Crippen LogP) is 3.60. The summed E-state index contributed by atoms with van der Waals surface area (Å²) in [6, 6.07) is 13.3. The number of Topliss-reactive ketones (excluding diaryl/α,β-unsaturated/α-hetero) is 1. The van der Waals surface area contributed by atoms with Crippen LogP contribution in [0.2, 0.25) is 0 Å². The van der Waals surface area contributed by atoms with Gasteiger partial charge in [-0.25, -0.2) is 0 Å². The molecule has 0 aliphatic carbocycles. The number of anilines is 2. The van der Waals surface area contributed by atoms with Crippen LogP contribution < -0.4 is 10.6 Å². The van der Waals surface area contributed by atoms with Crippen molar-refractivity contribution < 1.29 is 23.9 Å². The van der Waals surface area contributed by atoms with Crippen molar-refractivity contribution in [3.8, 4) is 0 Å². The molecular formula is C23H26N2O5. The Kier molecular flexibility index (Phi) is 8.29. The summed E-state index contributed by atoms with van der Waals surface area (Å²) in [7, 11) is 0. The number of benzene rings is 2. The van der Waals surface area contributed by atoms with E-state index in [1.165, 1.54) is 6.92 Å². The maximum absolute atomic E-state index is 12.2. The average molecular weight is 410 g/mol. The maximum atomic E-state index is 12.2. The highest BCUT2D eigenvalue weighted by Crippen LogP contribution is 2.13. The van der Waals surface area contributed by atoms with E-state index in [0.717, 1.165) is 0 Å². The molecule has 0 bridgehead atoms. The smallest absolute Gasteiger partial charge is 0.310 e. The second kappa shape index (κ2) is 10.9. The van der Waals surface area contributed by atoms with Crippen LogP contribution in [0.3, 0.4) is 0 Å². The molecule has 2 amide bonds. The maximum Gasteiger partial charge on any atom is 0.310 e. The van der Waals surface area contributed by atoms with Crippen LogP contribution in [-0.2, 0) is 25.5 Å². The topological polar surface area (TPSA) is 102 Å². The first-order valence-electron chi connectivity index (χ1n) is 9.68. The van der Waals surface area contributed by atoms with Gasteiger partial charge in [-0.05, 0) is 47.9 Å². The Morgan fingerprint density at radius 2 is 1.43 bits per heavy atom. The molecule has 0 saturated carbocycles. The van der Waals surface area contributed by atoms with Crippen LogP contribution in [0.1, 0.15) is 43.1 Å². The fourth-order valence-electron chi connectivity index (χ4n) is 2.68. The van der Waals surface area contributed by atoms with Crippen molar-refractivity contribution in [2.75, 3.05) is 17.2 Å². The van der Waals surface area contributed by atoms with E-state index in [1.807, 2.05) is 13.8 Å². The molecule has 0 aromatic heterocycles. The van der Waals surface area contributed by atoms with Crippen molar-refractivity contribution in [3.05, 3.63) is 59.7 Å². The van der Waals surface area contributed by atoms with Crippen LogP contribution in [0.4, 0.5) is 11.4 Å². The van der Waals surface area contributed by atoms with Gasteiger partial charge < -0.3 is 15.4 Å². The summed E-state index contributed by atoms with van der Waals surface area (Å²) in [5.41, 5.74) is 2.35. The number of amides is 2. The molecule has 2 aromatic rings. The number of hydrogen-bond donors (Lipinski definition) is 2. The van der Waals surface area contributed by atoms with Crippen molar-refractivity contribution in [2.45, 2.75) is 33.6 Å². The number of hydrogen-bond acceptors (Lipinski definition) is 5.